The van der Waals surface area contributed by atoms with Gasteiger partial charge in [-0.15, -0.1) is 0 Å². The van der Waals surface area contributed by atoms with Crippen LogP contribution in [0.15, 0.2) is 60.7 Å². The van der Waals surface area contributed by atoms with Crippen LogP contribution in [0.3, 0.4) is 0 Å². The number of hydrogen-bond donors (Lipinski definition) is 2. The summed E-state index contributed by atoms with van der Waals surface area (Å²) in [5, 5.41) is 15.5. The minimum absolute atomic E-state index is 0.223. The fourth-order valence-corrected chi connectivity index (χ4v) is 2.01. The number of para-hydroxylation sites is 1. The summed E-state index contributed by atoms with van der Waals surface area (Å²) in [4.78, 5) is 34.5. The van der Waals surface area contributed by atoms with E-state index in [-0.39, 0.29) is 11.3 Å². The number of carboxylic acids is 1. The Morgan fingerprint density at radius 3 is 2.48 bits per heavy atom. The SMILES string of the molecule is COc1cccc(NC(=O)c2ccccc2NC(=O)C=CC(=O)[O-])c1. The molecule has 0 heterocycles. The van der Waals surface area contributed by atoms with Crippen LogP contribution in [-0.4, -0.2) is 24.9 Å². The number of methoxy groups -OCH3 is 1. The first kappa shape index (κ1) is 17.7. The lowest BCUT2D eigenvalue weighted by atomic mass is 10.1. The average molecular weight is 339 g/mol. The number of carboxylic acid groups (broad SMARTS) is 1. The predicted molar refractivity (Wildman–Crippen MR) is 90.2 cm³/mol. The summed E-state index contributed by atoms with van der Waals surface area (Å²) in [7, 11) is 1.52. The molecule has 2 amide bonds. The molecule has 0 unspecified atom stereocenters. The molecule has 2 rings (SSSR count). The van der Waals surface area contributed by atoms with E-state index in [0.717, 1.165) is 6.08 Å². The third-order valence-electron chi connectivity index (χ3n) is 3.13. The second-order valence-electron chi connectivity index (χ2n) is 4.87. The monoisotopic (exact) mass is 339 g/mol. The Bertz CT molecular complexity index is 830. The van der Waals surface area contributed by atoms with Crippen molar-refractivity contribution < 1.29 is 24.2 Å². The van der Waals surface area contributed by atoms with Gasteiger partial charge in [-0.2, -0.15) is 0 Å². The van der Waals surface area contributed by atoms with Crippen LogP contribution in [0.25, 0.3) is 0 Å². The first-order valence-electron chi connectivity index (χ1n) is 7.24. The van der Waals surface area contributed by atoms with Gasteiger partial charge in [-0.05, 0) is 30.3 Å². The van der Waals surface area contributed by atoms with E-state index in [2.05, 4.69) is 10.6 Å². The van der Waals surface area contributed by atoms with Gasteiger partial charge in [-0.25, -0.2) is 0 Å². The van der Waals surface area contributed by atoms with E-state index in [9.17, 15) is 19.5 Å². The maximum absolute atomic E-state index is 12.5. The number of hydrogen-bond acceptors (Lipinski definition) is 5. The summed E-state index contributed by atoms with van der Waals surface area (Å²) >= 11 is 0. The second-order valence-corrected chi connectivity index (χ2v) is 4.87. The molecule has 0 fully saturated rings. The number of amides is 2. The Morgan fingerprint density at radius 2 is 1.76 bits per heavy atom. The van der Waals surface area contributed by atoms with Gasteiger partial charge in [0, 0.05) is 17.8 Å². The van der Waals surface area contributed by atoms with E-state index in [1.54, 1.807) is 36.4 Å². The van der Waals surface area contributed by atoms with Crippen LogP contribution in [0.5, 0.6) is 5.75 Å². The van der Waals surface area contributed by atoms with Crippen LogP contribution >= 0.6 is 0 Å². The van der Waals surface area contributed by atoms with Crippen molar-refractivity contribution in [3.8, 4) is 5.75 Å². The highest BCUT2D eigenvalue weighted by atomic mass is 16.5. The molecule has 25 heavy (non-hydrogen) atoms. The summed E-state index contributed by atoms with van der Waals surface area (Å²) in [6, 6.07) is 13.2. The number of carbonyl (C=O) groups excluding carboxylic acids is 3. The molecule has 2 N–H and O–H groups in total. The zero-order valence-electron chi connectivity index (χ0n) is 13.3. The highest BCUT2D eigenvalue weighted by molar-refractivity contribution is 6.11. The van der Waals surface area contributed by atoms with Gasteiger partial charge in [0.25, 0.3) is 5.91 Å². The number of rotatable bonds is 6. The molecule has 0 aliphatic heterocycles. The van der Waals surface area contributed by atoms with Gasteiger partial charge in [0.05, 0.1) is 24.3 Å². The van der Waals surface area contributed by atoms with E-state index in [1.165, 1.54) is 19.2 Å². The maximum Gasteiger partial charge on any atom is 0.257 e. The lowest BCUT2D eigenvalue weighted by molar-refractivity contribution is -0.297. The van der Waals surface area contributed by atoms with Crippen LogP contribution in [-0.2, 0) is 9.59 Å². The summed E-state index contributed by atoms with van der Waals surface area (Å²) in [6.07, 6.45) is 1.42. The molecule has 0 aliphatic carbocycles. The zero-order valence-corrected chi connectivity index (χ0v) is 13.3. The Balaban J connectivity index is 2.17. The Labute approximate surface area is 143 Å². The van der Waals surface area contributed by atoms with E-state index < -0.39 is 17.8 Å². The van der Waals surface area contributed by atoms with Gasteiger partial charge in [-0.1, -0.05) is 18.2 Å². The van der Waals surface area contributed by atoms with E-state index >= 15 is 0 Å². The summed E-state index contributed by atoms with van der Waals surface area (Å²) in [5.74, 6) is -2.02. The molecule has 2 aromatic carbocycles. The molecule has 0 spiro atoms. The van der Waals surface area contributed by atoms with Crippen molar-refractivity contribution in [2.75, 3.05) is 17.7 Å². The number of anilines is 2. The third kappa shape index (κ3) is 5.21. The number of nitrogens with one attached hydrogen (secondary N) is 2. The van der Waals surface area contributed by atoms with Crippen molar-refractivity contribution in [2.45, 2.75) is 0 Å². The van der Waals surface area contributed by atoms with Gasteiger partial charge < -0.3 is 25.3 Å². The Kier molecular flexibility index (Phi) is 5.89. The molecule has 0 aromatic heterocycles. The van der Waals surface area contributed by atoms with Gasteiger partial charge in [-0.3, -0.25) is 9.59 Å². The molecule has 0 atom stereocenters. The average Bonchev–Trinajstić information content (AvgIpc) is 2.60. The van der Waals surface area contributed by atoms with Crippen LogP contribution in [0, 0.1) is 0 Å². The summed E-state index contributed by atoms with van der Waals surface area (Å²) in [5.41, 5.74) is 0.999. The fourth-order valence-electron chi connectivity index (χ4n) is 2.01. The lowest BCUT2D eigenvalue weighted by Gasteiger charge is -2.11. The van der Waals surface area contributed by atoms with Crippen molar-refractivity contribution in [3.05, 3.63) is 66.2 Å². The Morgan fingerprint density at radius 1 is 1.00 bits per heavy atom. The molecule has 0 radical (unpaired) electrons. The van der Waals surface area contributed by atoms with Crippen LogP contribution in [0.2, 0.25) is 0 Å². The van der Waals surface area contributed by atoms with Gasteiger partial charge >= 0.3 is 0 Å². The van der Waals surface area contributed by atoms with Crippen LogP contribution in [0.4, 0.5) is 11.4 Å². The fraction of sp³-hybridized carbons (Fsp3) is 0.0556. The van der Waals surface area contributed by atoms with Gasteiger partial charge in [0.15, 0.2) is 0 Å². The normalized spacial score (nSPS) is 10.3. The first-order valence-corrected chi connectivity index (χ1v) is 7.24. The van der Waals surface area contributed by atoms with Gasteiger partial charge in [0.1, 0.15) is 5.75 Å². The van der Waals surface area contributed by atoms with Crippen molar-refractivity contribution in [3.63, 3.8) is 0 Å². The summed E-state index contributed by atoms with van der Waals surface area (Å²) < 4.78 is 5.10. The second kappa shape index (κ2) is 8.30. The van der Waals surface area contributed by atoms with E-state index in [1.807, 2.05) is 0 Å². The molecule has 0 aliphatic rings. The highest BCUT2D eigenvalue weighted by Gasteiger charge is 2.12. The first-order chi connectivity index (χ1) is 12.0. The topological polar surface area (TPSA) is 108 Å². The minimum Gasteiger partial charge on any atom is -0.545 e. The summed E-state index contributed by atoms with van der Waals surface area (Å²) in [6.45, 7) is 0. The van der Waals surface area contributed by atoms with Crippen molar-refractivity contribution in [1.82, 2.24) is 0 Å². The number of ether oxygens (including phenoxy) is 1. The van der Waals surface area contributed by atoms with Gasteiger partial charge in [0.2, 0.25) is 5.91 Å². The standard InChI is InChI=1S/C18H16N2O5/c1-25-13-6-4-5-12(11-13)19-18(24)14-7-2-3-8-15(14)20-16(21)9-10-17(22)23/h2-11H,1H3,(H,19,24)(H,20,21)(H,22,23)/p-1. The van der Waals surface area contributed by atoms with Crippen LogP contribution in [0.1, 0.15) is 10.4 Å². The third-order valence-corrected chi connectivity index (χ3v) is 3.13. The quantitative estimate of drug-likeness (QED) is 0.769. The largest absolute Gasteiger partial charge is 0.545 e. The van der Waals surface area contributed by atoms with E-state index in [4.69, 9.17) is 4.74 Å². The van der Waals surface area contributed by atoms with Crippen molar-refractivity contribution in [2.24, 2.45) is 0 Å². The number of aliphatic carboxylic acids is 1. The van der Waals surface area contributed by atoms with Crippen LogP contribution < -0.4 is 20.5 Å². The molecular formula is C18H15N2O5-. The number of carbonyl (C=O) groups is 3. The molecule has 7 heteroatoms. The molecule has 0 saturated carbocycles. The number of benzene rings is 2. The van der Waals surface area contributed by atoms with Crippen molar-refractivity contribution in [1.29, 1.82) is 0 Å². The van der Waals surface area contributed by atoms with Crippen molar-refractivity contribution >= 4 is 29.2 Å². The Hall–Kier alpha value is -3.61. The molecular weight excluding hydrogens is 324 g/mol. The van der Waals surface area contributed by atoms with E-state index in [0.29, 0.717) is 17.5 Å². The molecule has 7 nitrogen and oxygen atoms in total. The predicted octanol–water partition coefficient (Wildman–Crippen LogP) is 1.19. The molecule has 2 aromatic rings. The minimum atomic E-state index is -1.49. The molecule has 0 saturated heterocycles. The molecule has 0 bridgehead atoms. The lowest BCUT2D eigenvalue weighted by Crippen LogP contribution is -2.20. The smallest absolute Gasteiger partial charge is 0.257 e. The highest BCUT2D eigenvalue weighted by Crippen LogP contribution is 2.20. The zero-order chi connectivity index (χ0) is 18.2. The molecule has 128 valence electrons. The maximum atomic E-state index is 12.5.